The van der Waals surface area contributed by atoms with E-state index in [1.165, 1.54) is 6.42 Å². The Labute approximate surface area is 136 Å². The van der Waals surface area contributed by atoms with Crippen molar-refractivity contribution in [2.24, 2.45) is 11.8 Å². The van der Waals surface area contributed by atoms with Gasteiger partial charge in [-0.25, -0.2) is 9.78 Å². The molecule has 0 aromatic rings. The Bertz CT molecular complexity index is 306. The van der Waals surface area contributed by atoms with Crippen LogP contribution in [0.3, 0.4) is 0 Å². The highest BCUT2D eigenvalue weighted by molar-refractivity contribution is 4.86. The van der Waals surface area contributed by atoms with E-state index >= 15 is 0 Å². The number of hydrogen-bond acceptors (Lipinski definition) is 4. The molecule has 0 aromatic carbocycles. The topological polar surface area (TPSA) is 36.9 Å². The van der Waals surface area contributed by atoms with Crippen LogP contribution in [-0.4, -0.2) is 17.0 Å². The molecule has 0 bridgehead atoms. The van der Waals surface area contributed by atoms with Crippen LogP contribution in [0.25, 0.3) is 0 Å². The summed E-state index contributed by atoms with van der Waals surface area (Å²) in [7, 11) is 0. The molecule has 1 rings (SSSR count). The van der Waals surface area contributed by atoms with E-state index in [0.717, 1.165) is 25.7 Å². The van der Waals surface area contributed by atoms with Crippen molar-refractivity contribution in [3.05, 3.63) is 0 Å². The smallest absolute Gasteiger partial charge is 0.228 e. The first-order valence-corrected chi connectivity index (χ1v) is 8.82. The molecule has 2 unspecified atom stereocenters. The second kappa shape index (κ2) is 7.61. The van der Waals surface area contributed by atoms with Crippen molar-refractivity contribution < 1.29 is 19.6 Å². The van der Waals surface area contributed by atoms with Crippen molar-refractivity contribution >= 4 is 0 Å². The Morgan fingerprint density at radius 3 is 1.50 bits per heavy atom. The minimum atomic E-state index is -0.836. The minimum absolute atomic E-state index is 0.219. The maximum absolute atomic E-state index is 5.94. The van der Waals surface area contributed by atoms with Gasteiger partial charge in [-0.1, -0.05) is 34.1 Å². The van der Waals surface area contributed by atoms with Crippen LogP contribution in [0.1, 0.15) is 87.5 Å². The van der Waals surface area contributed by atoms with E-state index in [2.05, 4.69) is 27.7 Å². The number of rotatable bonds is 8. The molecule has 1 saturated carbocycles. The predicted octanol–water partition coefficient (Wildman–Crippen LogP) is 5.41. The largest absolute Gasteiger partial charge is 0.238 e. The Balaban J connectivity index is 2.89. The summed E-state index contributed by atoms with van der Waals surface area (Å²) in [6.45, 7) is 16.6. The summed E-state index contributed by atoms with van der Waals surface area (Å²) in [5.41, 5.74) is -0.680. The summed E-state index contributed by atoms with van der Waals surface area (Å²) in [6.07, 6.45) is 5.03. The zero-order valence-electron chi connectivity index (χ0n) is 15.8. The molecule has 0 radical (unpaired) electrons. The van der Waals surface area contributed by atoms with Gasteiger partial charge in [-0.15, -0.1) is 0 Å². The minimum Gasteiger partial charge on any atom is -0.228 e. The van der Waals surface area contributed by atoms with Crippen molar-refractivity contribution in [1.82, 2.24) is 0 Å². The molecular formula is C18H36O4. The standard InChI is InChI=1S/C18H36O4/c1-9-16(5,6)19-21-18(22-20-17(7,8)10-2)14(3)12-11-13-15(18)4/h14-15H,9-13H2,1-8H3. The molecule has 1 aliphatic rings. The zero-order chi connectivity index (χ0) is 17.0. The molecule has 0 aromatic heterocycles. The quantitative estimate of drug-likeness (QED) is 0.341. The molecule has 1 fully saturated rings. The fourth-order valence-corrected chi connectivity index (χ4v) is 2.43. The lowest BCUT2D eigenvalue weighted by atomic mass is 9.77. The molecule has 2 atom stereocenters. The van der Waals surface area contributed by atoms with E-state index in [9.17, 15) is 0 Å². The summed E-state index contributed by atoms with van der Waals surface area (Å²) in [5.74, 6) is -0.398. The van der Waals surface area contributed by atoms with Gasteiger partial charge in [-0.3, -0.25) is 0 Å². The highest BCUT2D eigenvalue weighted by Crippen LogP contribution is 2.44. The second-order valence-corrected chi connectivity index (χ2v) is 8.01. The lowest BCUT2D eigenvalue weighted by molar-refractivity contribution is -0.566. The SMILES string of the molecule is CCC(C)(C)OOC1(OOC(C)(C)CC)C(C)CCCC1C. The average molecular weight is 316 g/mol. The Morgan fingerprint density at radius 1 is 0.818 bits per heavy atom. The molecule has 0 N–H and O–H groups in total. The lowest BCUT2D eigenvalue weighted by Crippen LogP contribution is -2.53. The van der Waals surface area contributed by atoms with Gasteiger partial charge in [0, 0.05) is 11.8 Å². The third-order valence-corrected chi connectivity index (χ3v) is 5.15. The van der Waals surface area contributed by atoms with Gasteiger partial charge >= 0.3 is 0 Å². The van der Waals surface area contributed by atoms with Gasteiger partial charge in [0.15, 0.2) is 0 Å². The highest BCUT2D eigenvalue weighted by atomic mass is 17.3. The Hall–Kier alpha value is -0.160. The third-order valence-electron chi connectivity index (χ3n) is 5.15. The Kier molecular flexibility index (Phi) is 6.88. The van der Waals surface area contributed by atoms with Gasteiger partial charge in [-0.05, 0) is 53.4 Å². The first kappa shape index (κ1) is 19.9. The molecule has 0 spiro atoms. The van der Waals surface area contributed by atoms with Crippen molar-refractivity contribution in [2.75, 3.05) is 0 Å². The van der Waals surface area contributed by atoms with Gasteiger partial charge in [-0.2, -0.15) is 9.78 Å². The molecule has 0 saturated heterocycles. The molecule has 1 aliphatic carbocycles. The third kappa shape index (κ3) is 4.92. The van der Waals surface area contributed by atoms with Gasteiger partial charge < -0.3 is 0 Å². The molecule has 0 heterocycles. The summed E-state index contributed by atoms with van der Waals surface area (Å²) >= 11 is 0. The van der Waals surface area contributed by atoms with E-state index in [0.29, 0.717) is 0 Å². The maximum Gasteiger partial charge on any atom is 0.238 e. The van der Waals surface area contributed by atoms with Crippen LogP contribution in [0.4, 0.5) is 0 Å². The highest BCUT2D eigenvalue weighted by Gasteiger charge is 2.50. The molecule has 132 valence electrons. The fourth-order valence-electron chi connectivity index (χ4n) is 2.43. The molecule has 4 nitrogen and oxygen atoms in total. The van der Waals surface area contributed by atoms with Gasteiger partial charge in [0.1, 0.15) is 0 Å². The molecular weight excluding hydrogens is 280 g/mol. The fraction of sp³-hybridized carbons (Fsp3) is 1.00. The van der Waals surface area contributed by atoms with Crippen LogP contribution in [0.15, 0.2) is 0 Å². The molecule has 4 heteroatoms. The van der Waals surface area contributed by atoms with Crippen LogP contribution in [0, 0.1) is 11.8 Å². The lowest BCUT2D eigenvalue weighted by Gasteiger charge is -2.45. The van der Waals surface area contributed by atoms with Gasteiger partial charge in [0.25, 0.3) is 0 Å². The monoisotopic (exact) mass is 316 g/mol. The van der Waals surface area contributed by atoms with Crippen LogP contribution >= 0.6 is 0 Å². The zero-order valence-corrected chi connectivity index (χ0v) is 15.8. The maximum atomic E-state index is 5.94. The van der Waals surface area contributed by atoms with Gasteiger partial charge in [0.2, 0.25) is 5.79 Å². The van der Waals surface area contributed by atoms with Crippen LogP contribution in [-0.2, 0) is 19.6 Å². The van der Waals surface area contributed by atoms with Gasteiger partial charge in [0.05, 0.1) is 11.2 Å². The summed E-state index contributed by atoms with van der Waals surface area (Å²) < 4.78 is 0. The molecule has 0 amide bonds. The van der Waals surface area contributed by atoms with E-state index in [1.807, 2.05) is 27.7 Å². The van der Waals surface area contributed by atoms with Crippen LogP contribution in [0.2, 0.25) is 0 Å². The summed E-state index contributed by atoms with van der Waals surface area (Å²) in [4.78, 5) is 23.4. The first-order chi connectivity index (χ1) is 10.1. The summed E-state index contributed by atoms with van der Waals surface area (Å²) in [5, 5.41) is 0. The van der Waals surface area contributed by atoms with E-state index < -0.39 is 5.79 Å². The Morgan fingerprint density at radius 2 is 1.18 bits per heavy atom. The molecule has 22 heavy (non-hydrogen) atoms. The second-order valence-electron chi connectivity index (χ2n) is 8.01. The van der Waals surface area contributed by atoms with E-state index in [-0.39, 0.29) is 23.0 Å². The molecule has 0 aliphatic heterocycles. The first-order valence-electron chi connectivity index (χ1n) is 8.82. The average Bonchev–Trinajstić information content (AvgIpc) is 2.46. The van der Waals surface area contributed by atoms with E-state index in [4.69, 9.17) is 19.6 Å². The van der Waals surface area contributed by atoms with Crippen molar-refractivity contribution in [3.8, 4) is 0 Å². The predicted molar refractivity (Wildman–Crippen MR) is 88.0 cm³/mol. The summed E-state index contributed by atoms with van der Waals surface area (Å²) in [6, 6.07) is 0. The van der Waals surface area contributed by atoms with Crippen molar-refractivity contribution in [1.29, 1.82) is 0 Å². The van der Waals surface area contributed by atoms with Crippen molar-refractivity contribution in [3.63, 3.8) is 0 Å². The van der Waals surface area contributed by atoms with Crippen LogP contribution in [0.5, 0.6) is 0 Å². The van der Waals surface area contributed by atoms with Crippen molar-refractivity contribution in [2.45, 2.75) is 104 Å². The van der Waals surface area contributed by atoms with Crippen LogP contribution < -0.4 is 0 Å². The number of hydrogen-bond donors (Lipinski definition) is 0. The normalized spacial score (nSPS) is 26.2. The van der Waals surface area contributed by atoms with E-state index in [1.54, 1.807) is 0 Å².